The lowest BCUT2D eigenvalue weighted by Gasteiger charge is -2.10. The van der Waals surface area contributed by atoms with Gasteiger partial charge in [0.1, 0.15) is 5.82 Å². The Bertz CT molecular complexity index is 624. The zero-order valence-electron chi connectivity index (χ0n) is 9.73. The molecule has 1 aromatic heterocycles. The molecule has 0 radical (unpaired) electrons. The number of carboxylic acids is 1. The minimum atomic E-state index is -0.963. The van der Waals surface area contributed by atoms with Gasteiger partial charge in [-0.05, 0) is 24.3 Å². The van der Waals surface area contributed by atoms with Gasteiger partial charge in [0.2, 0.25) is 0 Å². The molecule has 4 nitrogen and oxygen atoms in total. The summed E-state index contributed by atoms with van der Waals surface area (Å²) in [4.78, 5) is 14.7. The largest absolute Gasteiger partial charge is 0.481 e. The second kappa shape index (κ2) is 5.47. The Morgan fingerprint density at radius 2 is 1.84 bits per heavy atom. The van der Waals surface area contributed by atoms with Crippen LogP contribution in [0.25, 0.3) is 11.1 Å². The van der Waals surface area contributed by atoms with E-state index in [4.69, 9.17) is 34.0 Å². The number of benzene rings is 1. The lowest BCUT2D eigenvalue weighted by molar-refractivity contribution is -0.136. The van der Waals surface area contributed by atoms with E-state index in [9.17, 15) is 4.79 Å². The number of nitrogen functional groups attached to an aromatic ring is 1. The SMILES string of the molecule is Nc1nc(CC(=O)O)ccc1-c1c(Cl)cccc1Cl. The minimum absolute atomic E-state index is 0.180. The highest BCUT2D eigenvalue weighted by atomic mass is 35.5. The molecule has 0 aliphatic carbocycles. The van der Waals surface area contributed by atoms with Crippen molar-refractivity contribution in [2.45, 2.75) is 6.42 Å². The Morgan fingerprint density at radius 1 is 1.21 bits per heavy atom. The molecule has 19 heavy (non-hydrogen) atoms. The molecule has 1 aromatic carbocycles. The van der Waals surface area contributed by atoms with E-state index in [2.05, 4.69) is 4.98 Å². The lowest BCUT2D eigenvalue weighted by atomic mass is 10.1. The van der Waals surface area contributed by atoms with Crippen LogP contribution in [0.2, 0.25) is 10.0 Å². The first kappa shape index (κ1) is 13.6. The van der Waals surface area contributed by atoms with E-state index in [0.717, 1.165) is 0 Å². The first-order chi connectivity index (χ1) is 8.99. The maximum Gasteiger partial charge on any atom is 0.309 e. The van der Waals surface area contributed by atoms with Crippen molar-refractivity contribution in [1.82, 2.24) is 4.98 Å². The Hall–Kier alpha value is -1.78. The predicted octanol–water partition coefficient (Wildman–Crippen LogP) is 3.26. The Morgan fingerprint density at radius 3 is 2.37 bits per heavy atom. The smallest absolute Gasteiger partial charge is 0.309 e. The highest BCUT2D eigenvalue weighted by Crippen LogP contribution is 2.36. The molecule has 0 aliphatic heterocycles. The third kappa shape index (κ3) is 2.97. The first-order valence-corrected chi connectivity index (χ1v) is 6.16. The number of aromatic nitrogens is 1. The zero-order valence-corrected chi connectivity index (χ0v) is 11.2. The summed E-state index contributed by atoms with van der Waals surface area (Å²) < 4.78 is 0. The van der Waals surface area contributed by atoms with E-state index in [1.807, 2.05) is 0 Å². The molecule has 0 unspecified atom stereocenters. The molecular weight excluding hydrogens is 287 g/mol. The van der Waals surface area contributed by atoms with Crippen molar-refractivity contribution < 1.29 is 9.90 Å². The molecule has 0 aliphatic rings. The van der Waals surface area contributed by atoms with E-state index in [0.29, 0.717) is 26.9 Å². The molecule has 0 bridgehead atoms. The van der Waals surface area contributed by atoms with Gasteiger partial charge in [0, 0.05) is 11.1 Å². The molecule has 1 heterocycles. The summed E-state index contributed by atoms with van der Waals surface area (Å²) in [6, 6.07) is 8.41. The van der Waals surface area contributed by atoms with Gasteiger partial charge >= 0.3 is 5.97 Å². The van der Waals surface area contributed by atoms with Crippen LogP contribution in [0.1, 0.15) is 5.69 Å². The van der Waals surface area contributed by atoms with Crippen LogP contribution in [0.5, 0.6) is 0 Å². The molecule has 98 valence electrons. The third-order valence-corrected chi connectivity index (χ3v) is 3.18. The van der Waals surface area contributed by atoms with Gasteiger partial charge in [-0.25, -0.2) is 4.98 Å². The zero-order chi connectivity index (χ0) is 14.0. The van der Waals surface area contributed by atoms with Crippen molar-refractivity contribution in [1.29, 1.82) is 0 Å². The van der Waals surface area contributed by atoms with Crippen molar-refractivity contribution in [2.24, 2.45) is 0 Å². The van der Waals surface area contributed by atoms with E-state index in [1.54, 1.807) is 30.3 Å². The lowest BCUT2D eigenvalue weighted by Crippen LogP contribution is -2.05. The van der Waals surface area contributed by atoms with Gasteiger partial charge in [-0.1, -0.05) is 29.3 Å². The topological polar surface area (TPSA) is 76.2 Å². The van der Waals surface area contributed by atoms with Crippen LogP contribution in [0.3, 0.4) is 0 Å². The molecule has 0 fully saturated rings. The average Bonchev–Trinajstić information content (AvgIpc) is 2.30. The Kier molecular flexibility index (Phi) is 3.93. The third-order valence-electron chi connectivity index (χ3n) is 2.55. The predicted molar refractivity (Wildman–Crippen MR) is 75.4 cm³/mol. The van der Waals surface area contributed by atoms with Crippen molar-refractivity contribution in [3.8, 4) is 11.1 Å². The number of nitrogens with zero attached hydrogens (tertiary/aromatic N) is 1. The van der Waals surface area contributed by atoms with Crippen molar-refractivity contribution in [3.63, 3.8) is 0 Å². The summed E-state index contributed by atoms with van der Waals surface area (Å²) >= 11 is 12.2. The monoisotopic (exact) mass is 296 g/mol. The van der Waals surface area contributed by atoms with Gasteiger partial charge in [0.25, 0.3) is 0 Å². The molecule has 0 atom stereocenters. The second-order valence-electron chi connectivity index (χ2n) is 3.90. The number of nitrogens with two attached hydrogens (primary N) is 1. The summed E-state index contributed by atoms with van der Waals surface area (Å²) in [5.74, 6) is -0.760. The maximum absolute atomic E-state index is 10.6. The summed E-state index contributed by atoms with van der Waals surface area (Å²) in [5, 5.41) is 9.64. The molecule has 0 saturated carbocycles. The number of halogens is 2. The number of hydrogen-bond donors (Lipinski definition) is 2. The van der Waals surface area contributed by atoms with Crippen LogP contribution in [0.4, 0.5) is 5.82 Å². The number of hydrogen-bond acceptors (Lipinski definition) is 3. The van der Waals surface area contributed by atoms with Crippen molar-refractivity contribution >= 4 is 35.0 Å². The first-order valence-electron chi connectivity index (χ1n) is 5.40. The van der Waals surface area contributed by atoms with E-state index in [-0.39, 0.29) is 12.2 Å². The van der Waals surface area contributed by atoms with Gasteiger partial charge in [-0.15, -0.1) is 0 Å². The van der Waals surface area contributed by atoms with Crippen LogP contribution in [0.15, 0.2) is 30.3 Å². The number of aliphatic carboxylic acids is 1. The fraction of sp³-hybridized carbons (Fsp3) is 0.0769. The number of anilines is 1. The molecular formula is C13H10Cl2N2O2. The normalized spacial score (nSPS) is 10.4. The van der Waals surface area contributed by atoms with Crippen LogP contribution in [-0.4, -0.2) is 16.1 Å². The van der Waals surface area contributed by atoms with Crippen molar-refractivity contribution in [3.05, 3.63) is 46.1 Å². The number of carbonyl (C=O) groups is 1. The molecule has 0 spiro atoms. The van der Waals surface area contributed by atoms with Crippen LogP contribution in [0, 0.1) is 0 Å². The van der Waals surface area contributed by atoms with Gasteiger partial charge in [-0.3, -0.25) is 4.79 Å². The van der Waals surface area contributed by atoms with E-state index < -0.39 is 5.97 Å². The van der Waals surface area contributed by atoms with Gasteiger partial charge in [0.15, 0.2) is 0 Å². The quantitative estimate of drug-likeness (QED) is 0.911. The Balaban J connectivity index is 2.49. The minimum Gasteiger partial charge on any atom is -0.481 e. The van der Waals surface area contributed by atoms with Gasteiger partial charge in [-0.2, -0.15) is 0 Å². The second-order valence-corrected chi connectivity index (χ2v) is 4.72. The maximum atomic E-state index is 10.6. The highest BCUT2D eigenvalue weighted by Gasteiger charge is 2.13. The average molecular weight is 297 g/mol. The molecule has 2 rings (SSSR count). The Labute approximate surface area is 119 Å². The standard InChI is InChI=1S/C13H10Cl2N2O2/c14-9-2-1-3-10(15)12(9)8-5-4-7(6-11(18)19)17-13(8)16/h1-5H,6H2,(H2,16,17)(H,18,19). The fourth-order valence-electron chi connectivity index (χ4n) is 1.74. The molecule has 6 heteroatoms. The van der Waals surface area contributed by atoms with Crippen LogP contribution in [-0.2, 0) is 11.2 Å². The van der Waals surface area contributed by atoms with Crippen LogP contribution < -0.4 is 5.73 Å². The summed E-state index contributed by atoms with van der Waals surface area (Å²) in [6.07, 6.45) is -0.180. The van der Waals surface area contributed by atoms with Gasteiger partial charge < -0.3 is 10.8 Å². The molecule has 0 saturated heterocycles. The summed E-state index contributed by atoms with van der Waals surface area (Å²) in [7, 11) is 0. The van der Waals surface area contributed by atoms with E-state index in [1.165, 1.54) is 0 Å². The van der Waals surface area contributed by atoms with E-state index >= 15 is 0 Å². The molecule has 0 amide bonds. The van der Waals surface area contributed by atoms with Gasteiger partial charge in [0.05, 0.1) is 22.2 Å². The van der Waals surface area contributed by atoms with Crippen molar-refractivity contribution in [2.75, 3.05) is 5.73 Å². The summed E-state index contributed by atoms with van der Waals surface area (Å²) in [6.45, 7) is 0. The number of carboxylic acid groups (broad SMARTS) is 1. The highest BCUT2D eigenvalue weighted by molar-refractivity contribution is 6.39. The number of pyridine rings is 1. The fourth-order valence-corrected chi connectivity index (χ4v) is 2.34. The molecule has 2 aromatic rings. The van der Waals surface area contributed by atoms with Crippen LogP contribution >= 0.6 is 23.2 Å². The summed E-state index contributed by atoms with van der Waals surface area (Å²) in [5.41, 5.74) is 7.41. The number of rotatable bonds is 3. The molecule has 3 N–H and O–H groups in total.